The summed E-state index contributed by atoms with van der Waals surface area (Å²) in [5.74, 6) is -1.38. The van der Waals surface area contributed by atoms with Gasteiger partial charge in [-0.3, -0.25) is 4.98 Å². The van der Waals surface area contributed by atoms with E-state index in [1.165, 1.54) is 13.2 Å². The lowest BCUT2D eigenvalue weighted by Gasteiger charge is -2.36. The van der Waals surface area contributed by atoms with Gasteiger partial charge < -0.3 is 20.7 Å². The molecule has 1 saturated heterocycles. The van der Waals surface area contributed by atoms with Crippen molar-refractivity contribution in [3.8, 4) is 28.3 Å². The minimum Gasteiger partial charge on any atom is -0.467 e. The van der Waals surface area contributed by atoms with E-state index in [9.17, 15) is 4.39 Å². The van der Waals surface area contributed by atoms with Gasteiger partial charge in [0, 0.05) is 78.7 Å². The van der Waals surface area contributed by atoms with Gasteiger partial charge >= 0.3 is 6.01 Å². The predicted molar refractivity (Wildman–Crippen MR) is 128 cm³/mol. The molecule has 3 heterocycles. The largest absolute Gasteiger partial charge is 0.467 e. The van der Waals surface area contributed by atoms with E-state index in [4.69, 9.17) is 15.5 Å². The Morgan fingerprint density at radius 1 is 1.18 bits per heavy atom. The van der Waals surface area contributed by atoms with Gasteiger partial charge in [-0.1, -0.05) is 0 Å². The number of piperidine rings is 1. The van der Waals surface area contributed by atoms with Crippen LogP contribution in [0.2, 0.25) is 0 Å². The van der Waals surface area contributed by atoms with Gasteiger partial charge in [0.05, 0.1) is 18.5 Å². The maximum Gasteiger partial charge on any atom is 0.316 e. The number of hydrogen-bond acceptors (Lipinski definition) is 7. The summed E-state index contributed by atoms with van der Waals surface area (Å²) in [6, 6.07) is 1.50. The van der Waals surface area contributed by atoms with Crippen LogP contribution in [0.25, 0.3) is 22.3 Å². The first-order chi connectivity index (χ1) is 16.5. The first-order valence-electron chi connectivity index (χ1n) is 11.6. The van der Waals surface area contributed by atoms with Crippen LogP contribution in [-0.2, 0) is 6.42 Å². The van der Waals surface area contributed by atoms with Crippen LogP contribution in [0.3, 0.4) is 0 Å². The molecule has 0 bridgehead atoms. The first kappa shape index (κ1) is 22.5. The third kappa shape index (κ3) is 3.73. The average molecular weight is 467 g/mol. The number of ether oxygens (including phenoxy) is 1. The number of fused-ring (bicyclic) bond motifs is 3. The van der Waals surface area contributed by atoms with Crippen molar-refractivity contribution in [3.63, 3.8) is 0 Å². The molecular formula is C25H28F2N6O. The molecule has 5 rings (SSSR count). The van der Waals surface area contributed by atoms with E-state index in [0.29, 0.717) is 42.2 Å². The van der Waals surface area contributed by atoms with Crippen LogP contribution < -0.4 is 20.7 Å². The smallest absolute Gasteiger partial charge is 0.316 e. The average Bonchev–Trinajstić information content (AvgIpc) is 3.27. The zero-order chi connectivity index (χ0) is 23.8. The van der Waals surface area contributed by atoms with E-state index in [2.05, 4.69) is 20.2 Å². The Morgan fingerprint density at radius 2 is 1.97 bits per heavy atom. The second-order valence-electron chi connectivity index (χ2n) is 8.77. The molecule has 1 aromatic carbocycles. The van der Waals surface area contributed by atoms with Gasteiger partial charge in [0.15, 0.2) is 11.6 Å². The van der Waals surface area contributed by atoms with E-state index < -0.39 is 11.6 Å². The number of rotatable bonds is 6. The fraction of sp³-hybridized carbons (Fsp3) is 0.400. The number of methoxy groups -OCH3 is 1. The minimum absolute atomic E-state index is 0.259. The number of nitrogens with one attached hydrogen (secondary N) is 1. The summed E-state index contributed by atoms with van der Waals surface area (Å²) in [6.45, 7) is 4.65. The molecule has 34 heavy (non-hydrogen) atoms. The summed E-state index contributed by atoms with van der Waals surface area (Å²) in [4.78, 5) is 15.5. The highest BCUT2D eigenvalue weighted by Crippen LogP contribution is 2.50. The molecule has 7 nitrogen and oxygen atoms in total. The number of nitrogens with two attached hydrogens (primary N) is 1. The Labute approximate surface area is 197 Å². The standard InChI is InChI=1S/C25H28F2N6O/c1-3-29-19-8-18(26)23(27)21-16(19)7-20-22(21)24(33-6-4-5-14(9-28)13-33)17(12-30-20)15-10-31-25(34-2)32-11-15/h8,10-12,14,29H,3-7,9,13,28H2,1-2H3/t14-/m0/s1. The number of nitrogens with zero attached hydrogens (tertiary/aromatic N) is 4. The van der Waals surface area contributed by atoms with E-state index in [1.54, 1.807) is 18.6 Å². The van der Waals surface area contributed by atoms with Crippen molar-refractivity contribution in [2.24, 2.45) is 11.7 Å². The van der Waals surface area contributed by atoms with Crippen molar-refractivity contribution in [1.82, 2.24) is 15.0 Å². The first-order valence-corrected chi connectivity index (χ1v) is 11.6. The second-order valence-corrected chi connectivity index (χ2v) is 8.77. The quantitative estimate of drug-likeness (QED) is 0.444. The molecule has 1 atom stereocenters. The number of hydrogen-bond donors (Lipinski definition) is 2. The highest BCUT2D eigenvalue weighted by molar-refractivity contribution is 5.96. The number of anilines is 2. The topological polar surface area (TPSA) is 89.2 Å². The fourth-order valence-electron chi connectivity index (χ4n) is 5.12. The highest BCUT2D eigenvalue weighted by atomic mass is 19.2. The molecule has 0 saturated carbocycles. The van der Waals surface area contributed by atoms with Gasteiger partial charge in [0.1, 0.15) is 0 Å². The number of benzene rings is 1. The third-order valence-corrected chi connectivity index (χ3v) is 6.71. The Hall–Kier alpha value is -3.33. The fourth-order valence-corrected chi connectivity index (χ4v) is 5.12. The minimum atomic E-state index is -0.870. The Balaban J connectivity index is 1.76. The number of aromatic nitrogens is 3. The molecule has 9 heteroatoms. The van der Waals surface area contributed by atoms with Gasteiger partial charge in [-0.05, 0) is 37.8 Å². The second kappa shape index (κ2) is 9.13. The monoisotopic (exact) mass is 466 g/mol. The van der Waals surface area contributed by atoms with Crippen molar-refractivity contribution < 1.29 is 13.5 Å². The van der Waals surface area contributed by atoms with Crippen molar-refractivity contribution in [3.05, 3.63) is 47.5 Å². The molecule has 1 aliphatic carbocycles. The lowest BCUT2D eigenvalue weighted by atomic mass is 9.93. The summed E-state index contributed by atoms with van der Waals surface area (Å²) in [7, 11) is 1.51. The van der Waals surface area contributed by atoms with Crippen LogP contribution in [0.4, 0.5) is 20.2 Å². The van der Waals surface area contributed by atoms with Gasteiger partial charge in [-0.25, -0.2) is 18.7 Å². The van der Waals surface area contributed by atoms with Crippen molar-refractivity contribution in [2.45, 2.75) is 26.2 Å². The molecule has 2 aromatic heterocycles. The third-order valence-electron chi connectivity index (χ3n) is 6.71. The Bertz CT molecular complexity index is 1220. The molecule has 178 valence electrons. The van der Waals surface area contributed by atoms with Gasteiger partial charge in [0.25, 0.3) is 0 Å². The molecule has 0 radical (unpaired) electrons. The number of pyridine rings is 1. The summed E-state index contributed by atoms with van der Waals surface area (Å²) >= 11 is 0. The van der Waals surface area contributed by atoms with E-state index in [-0.39, 0.29) is 6.01 Å². The lowest BCUT2D eigenvalue weighted by molar-refractivity contribution is 0.380. The van der Waals surface area contributed by atoms with Gasteiger partial charge in [-0.15, -0.1) is 0 Å². The van der Waals surface area contributed by atoms with Crippen LogP contribution in [0.15, 0.2) is 24.7 Å². The predicted octanol–water partition coefficient (Wildman–Crippen LogP) is 4.00. The summed E-state index contributed by atoms with van der Waals surface area (Å²) < 4.78 is 35.3. The molecule has 2 aliphatic rings. The summed E-state index contributed by atoms with van der Waals surface area (Å²) in [5, 5.41) is 3.19. The van der Waals surface area contributed by atoms with Crippen molar-refractivity contribution in [1.29, 1.82) is 0 Å². The van der Waals surface area contributed by atoms with E-state index >= 15 is 4.39 Å². The highest BCUT2D eigenvalue weighted by Gasteiger charge is 2.35. The maximum absolute atomic E-state index is 15.4. The van der Waals surface area contributed by atoms with Crippen LogP contribution in [0.1, 0.15) is 31.0 Å². The molecule has 1 aliphatic heterocycles. The Morgan fingerprint density at radius 3 is 2.68 bits per heavy atom. The van der Waals surface area contributed by atoms with Crippen LogP contribution in [0, 0.1) is 17.6 Å². The van der Waals surface area contributed by atoms with Gasteiger partial charge in [0.2, 0.25) is 0 Å². The maximum atomic E-state index is 15.4. The van der Waals surface area contributed by atoms with Crippen LogP contribution in [0.5, 0.6) is 6.01 Å². The van der Waals surface area contributed by atoms with Crippen LogP contribution >= 0.6 is 0 Å². The zero-order valence-corrected chi connectivity index (χ0v) is 19.4. The molecular weight excluding hydrogens is 438 g/mol. The summed E-state index contributed by atoms with van der Waals surface area (Å²) in [5.41, 5.74) is 11.4. The SMILES string of the molecule is CCNc1cc(F)c(F)c2c1Cc1ncc(-c3cnc(OC)nc3)c(N3CCC[C@@H](CN)C3)c1-2. The Kier molecular flexibility index (Phi) is 6.03. The molecule has 0 amide bonds. The van der Waals surface area contributed by atoms with E-state index in [0.717, 1.165) is 54.0 Å². The number of halogens is 2. The van der Waals surface area contributed by atoms with E-state index in [1.807, 2.05) is 6.92 Å². The molecule has 3 aromatic rings. The van der Waals surface area contributed by atoms with Gasteiger partial charge in [-0.2, -0.15) is 0 Å². The molecule has 3 N–H and O–H groups in total. The van der Waals surface area contributed by atoms with Crippen molar-refractivity contribution in [2.75, 3.05) is 43.5 Å². The lowest BCUT2D eigenvalue weighted by Crippen LogP contribution is -2.39. The molecule has 0 unspecified atom stereocenters. The molecule has 1 fully saturated rings. The summed E-state index contributed by atoms with van der Waals surface area (Å²) in [6.07, 6.45) is 7.59. The van der Waals surface area contributed by atoms with Crippen LogP contribution in [-0.4, -0.2) is 48.2 Å². The van der Waals surface area contributed by atoms with Crippen molar-refractivity contribution >= 4 is 11.4 Å². The normalized spacial score (nSPS) is 16.9. The molecule has 0 spiro atoms. The zero-order valence-electron chi connectivity index (χ0n) is 19.4.